The third-order valence-electron chi connectivity index (χ3n) is 3.60. The molecule has 0 amide bonds. The SMILES string of the molecule is CN(C)CC[c-]1c2ccccc2c2ccccc21.[Li+]. The molecule has 2 heteroatoms. The van der Waals surface area contributed by atoms with Crippen molar-refractivity contribution >= 4 is 21.5 Å². The van der Waals surface area contributed by atoms with Gasteiger partial charge in [-0.15, -0.1) is 39.2 Å². The summed E-state index contributed by atoms with van der Waals surface area (Å²) in [6.07, 6.45) is 1.11. The van der Waals surface area contributed by atoms with Gasteiger partial charge in [-0.3, -0.25) is 0 Å². The maximum absolute atomic E-state index is 2.25. The first kappa shape index (κ1) is 14.3. The zero-order chi connectivity index (χ0) is 12.5. The minimum atomic E-state index is 0. The molecule has 3 rings (SSSR count). The molecule has 3 aromatic carbocycles. The van der Waals surface area contributed by atoms with Crippen LogP contribution in [0.15, 0.2) is 48.5 Å². The van der Waals surface area contributed by atoms with E-state index in [-0.39, 0.29) is 18.9 Å². The first-order valence-corrected chi connectivity index (χ1v) is 6.47. The Morgan fingerprint density at radius 2 is 1.32 bits per heavy atom. The van der Waals surface area contributed by atoms with E-state index in [1.165, 1.54) is 27.1 Å². The average Bonchev–Trinajstić information content (AvgIpc) is 2.71. The number of benzene rings is 2. The van der Waals surface area contributed by atoms with Gasteiger partial charge in [0.05, 0.1) is 0 Å². The molecule has 3 aromatic rings. The minimum absolute atomic E-state index is 0. The van der Waals surface area contributed by atoms with E-state index in [1.807, 2.05) is 0 Å². The third kappa shape index (κ3) is 2.60. The first-order chi connectivity index (χ1) is 8.77. The molecule has 19 heavy (non-hydrogen) atoms. The molecule has 0 saturated heterocycles. The Kier molecular flexibility index (Phi) is 4.42. The molecule has 0 aliphatic rings. The van der Waals surface area contributed by atoms with Crippen LogP contribution in [0.3, 0.4) is 0 Å². The van der Waals surface area contributed by atoms with E-state index < -0.39 is 0 Å². The van der Waals surface area contributed by atoms with Crippen LogP contribution >= 0.6 is 0 Å². The van der Waals surface area contributed by atoms with E-state index in [1.54, 1.807) is 0 Å². The van der Waals surface area contributed by atoms with Gasteiger partial charge in [0.25, 0.3) is 0 Å². The van der Waals surface area contributed by atoms with Gasteiger partial charge in [0.2, 0.25) is 0 Å². The van der Waals surface area contributed by atoms with Crippen molar-refractivity contribution in [1.82, 2.24) is 4.90 Å². The molecule has 0 spiro atoms. The number of fused-ring (bicyclic) bond motifs is 3. The summed E-state index contributed by atoms with van der Waals surface area (Å²) in [5.41, 5.74) is 1.50. The maximum atomic E-state index is 2.25. The van der Waals surface area contributed by atoms with Crippen molar-refractivity contribution in [3.63, 3.8) is 0 Å². The monoisotopic (exact) mass is 243 g/mol. The van der Waals surface area contributed by atoms with Gasteiger partial charge in [0, 0.05) is 0 Å². The molecule has 0 aliphatic heterocycles. The van der Waals surface area contributed by atoms with Gasteiger partial charge in [0.1, 0.15) is 0 Å². The van der Waals surface area contributed by atoms with Crippen LogP contribution in [0, 0.1) is 0 Å². The molecule has 0 fully saturated rings. The number of rotatable bonds is 3. The Labute approximate surface area is 126 Å². The van der Waals surface area contributed by atoms with Gasteiger partial charge in [-0.25, -0.2) is 0 Å². The molecule has 0 saturated carbocycles. The second-order valence-electron chi connectivity index (χ2n) is 5.12. The predicted octanol–water partition coefficient (Wildman–Crippen LogP) is 0.820. The number of hydrogen-bond acceptors (Lipinski definition) is 1. The van der Waals surface area contributed by atoms with Crippen LogP contribution in [0.25, 0.3) is 21.5 Å². The zero-order valence-corrected chi connectivity index (χ0v) is 12.0. The molecule has 0 N–H and O–H groups in total. The first-order valence-electron chi connectivity index (χ1n) is 6.47. The molecule has 0 heterocycles. The summed E-state index contributed by atoms with van der Waals surface area (Å²) >= 11 is 0. The molecule has 0 aliphatic carbocycles. The fourth-order valence-corrected chi connectivity index (χ4v) is 2.71. The maximum Gasteiger partial charge on any atom is 1.00 e. The predicted molar refractivity (Wildman–Crippen MR) is 79.3 cm³/mol. The quantitative estimate of drug-likeness (QED) is 0.486. The Morgan fingerprint density at radius 1 is 0.842 bits per heavy atom. The molecular weight excluding hydrogens is 225 g/mol. The summed E-state index contributed by atoms with van der Waals surface area (Å²) in [6.45, 7) is 1.10. The van der Waals surface area contributed by atoms with Gasteiger partial charge in [-0.05, 0) is 27.1 Å². The van der Waals surface area contributed by atoms with E-state index in [4.69, 9.17) is 0 Å². The third-order valence-corrected chi connectivity index (χ3v) is 3.60. The second-order valence-corrected chi connectivity index (χ2v) is 5.12. The van der Waals surface area contributed by atoms with Crippen molar-refractivity contribution in [3.8, 4) is 0 Å². The fraction of sp³-hybridized carbons (Fsp3) is 0.235. The molecule has 0 radical (unpaired) electrons. The van der Waals surface area contributed by atoms with E-state index >= 15 is 0 Å². The van der Waals surface area contributed by atoms with E-state index in [0.717, 1.165) is 13.0 Å². The number of hydrogen-bond donors (Lipinski definition) is 0. The van der Waals surface area contributed by atoms with Gasteiger partial charge in [0.15, 0.2) is 0 Å². The van der Waals surface area contributed by atoms with Crippen LogP contribution < -0.4 is 18.9 Å². The summed E-state index contributed by atoms with van der Waals surface area (Å²) in [7, 11) is 4.26. The molecule has 0 bridgehead atoms. The van der Waals surface area contributed by atoms with Crippen molar-refractivity contribution in [1.29, 1.82) is 0 Å². The molecule has 92 valence electrons. The van der Waals surface area contributed by atoms with Gasteiger partial charge in [-0.2, -0.15) is 0 Å². The Balaban J connectivity index is 0.00000133. The molecule has 0 atom stereocenters. The van der Waals surface area contributed by atoms with Gasteiger partial charge in [-0.1, -0.05) is 36.4 Å². The van der Waals surface area contributed by atoms with Gasteiger partial charge >= 0.3 is 18.9 Å². The molecule has 1 nitrogen and oxygen atoms in total. The molecular formula is C17H18LiN. The second kappa shape index (κ2) is 5.88. The topological polar surface area (TPSA) is 3.24 Å². The largest absolute Gasteiger partial charge is 1.00 e. The van der Waals surface area contributed by atoms with Crippen LogP contribution in [-0.4, -0.2) is 25.5 Å². The van der Waals surface area contributed by atoms with Crippen molar-refractivity contribution in [2.24, 2.45) is 0 Å². The smallest absolute Gasteiger partial charge is 0.310 e. The van der Waals surface area contributed by atoms with Crippen LogP contribution in [0.2, 0.25) is 0 Å². The van der Waals surface area contributed by atoms with E-state index in [2.05, 4.69) is 67.5 Å². The van der Waals surface area contributed by atoms with Crippen LogP contribution in [-0.2, 0) is 6.42 Å². The van der Waals surface area contributed by atoms with Crippen molar-refractivity contribution in [3.05, 3.63) is 54.1 Å². The Bertz CT molecular complexity index is 629. The van der Waals surface area contributed by atoms with E-state index in [9.17, 15) is 0 Å². The average molecular weight is 243 g/mol. The van der Waals surface area contributed by atoms with Crippen molar-refractivity contribution < 1.29 is 18.9 Å². The van der Waals surface area contributed by atoms with Crippen LogP contribution in [0.4, 0.5) is 0 Å². The van der Waals surface area contributed by atoms with E-state index in [0.29, 0.717) is 0 Å². The zero-order valence-electron chi connectivity index (χ0n) is 12.0. The summed E-state index contributed by atoms with van der Waals surface area (Å²) in [6, 6.07) is 17.5. The van der Waals surface area contributed by atoms with Gasteiger partial charge < -0.3 is 4.90 Å². The van der Waals surface area contributed by atoms with Crippen molar-refractivity contribution in [2.45, 2.75) is 6.42 Å². The Hall–Kier alpha value is -1.13. The summed E-state index contributed by atoms with van der Waals surface area (Å²) in [4.78, 5) is 2.25. The number of nitrogens with zero attached hydrogens (tertiary/aromatic N) is 1. The standard InChI is InChI=1S/C17H18N.Li/c1-18(2)12-11-17-15-9-5-3-7-13(15)14-8-4-6-10-16(14)17;/h3-10H,11-12H2,1-2H3;/q-1;+1. The normalized spacial score (nSPS) is 11.1. The minimum Gasteiger partial charge on any atom is -0.310 e. The summed E-state index contributed by atoms with van der Waals surface area (Å²) < 4.78 is 0. The number of likely N-dealkylation sites (N-methyl/N-ethyl adjacent to an activating group) is 1. The van der Waals surface area contributed by atoms with Crippen LogP contribution in [0.5, 0.6) is 0 Å². The summed E-state index contributed by atoms with van der Waals surface area (Å²) in [5.74, 6) is 0. The molecule has 0 unspecified atom stereocenters. The summed E-state index contributed by atoms with van der Waals surface area (Å²) in [5, 5.41) is 5.62. The van der Waals surface area contributed by atoms with Crippen molar-refractivity contribution in [2.75, 3.05) is 20.6 Å². The Morgan fingerprint density at radius 3 is 1.79 bits per heavy atom. The van der Waals surface area contributed by atoms with Crippen LogP contribution in [0.1, 0.15) is 5.56 Å². The molecule has 0 aromatic heterocycles. The fourth-order valence-electron chi connectivity index (χ4n) is 2.71.